The second-order valence-corrected chi connectivity index (χ2v) is 5.33. The quantitative estimate of drug-likeness (QED) is 0.731. The van der Waals surface area contributed by atoms with Gasteiger partial charge in [-0.2, -0.15) is 0 Å². The molecule has 0 saturated carbocycles. The zero-order valence-corrected chi connectivity index (χ0v) is 13.4. The second kappa shape index (κ2) is 7.70. The van der Waals surface area contributed by atoms with Crippen LogP contribution in [0, 0.1) is 0 Å². The van der Waals surface area contributed by atoms with Crippen LogP contribution >= 0.6 is 0 Å². The SMILES string of the molecule is COCCN(Cc1ccoc1)C(=O)/C=C/c1ccc2c(c1)OCO2. The summed E-state index contributed by atoms with van der Waals surface area (Å²) >= 11 is 0. The van der Waals surface area contributed by atoms with Gasteiger partial charge in [-0.1, -0.05) is 6.07 Å². The minimum absolute atomic E-state index is 0.0917. The number of ether oxygens (including phenoxy) is 3. The third kappa shape index (κ3) is 3.97. The van der Waals surface area contributed by atoms with Crippen LogP contribution in [-0.2, 0) is 16.1 Å². The van der Waals surface area contributed by atoms with Crippen molar-refractivity contribution in [3.8, 4) is 11.5 Å². The monoisotopic (exact) mass is 329 g/mol. The Morgan fingerprint density at radius 3 is 2.96 bits per heavy atom. The molecule has 0 spiro atoms. The summed E-state index contributed by atoms with van der Waals surface area (Å²) in [6, 6.07) is 7.41. The van der Waals surface area contributed by atoms with Gasteiger partial charge < -0.3 is 23.5 Å². The molecule has 0 aliphatic carbocycles. The Bertz CT molecular complexity index is 708. The highest BCUT2D eigenvalue weighted by Crippen LogP contribution is 2.32. The summed E-state index contributed by atoms with van der Waals surface area (Å²) in [5, 5.41) is 0. The lowest BCUT2D eigenvalue weighted by Crippen LogP contribution is -2.31. The molecule has 126 valence electrons. The first-order chi connectivity index (χ1) is 11.8. The topological polar surface area (TPSA) is 61.1 Å². The fourth-order valence-corrected chi connectivity index (χ4v) is 2.36. The van der Waals surface area contributed by atoms with E-state index < -0.39 is 0 Å². The second-order valence-electron chi connectivity index (χ2n) is 5.33. The molecule has 24 heavy (non-hydrogen) atoms. The lowest BCUT2D eigenvalue weighted by atomic mass is 10.2. The van der Waals surface area contributed by atoms with Gasteiger partial charge in [0.15, 0.2) is 11.5 Å². The first kappa shape index (κ1) is 16.1. The Hall–Kier alpha value is -2.73. The summed E-state index contributed by atoms with van der Waals surface area (Å²) in [4.78, 5) is 14.2. The van der Waals surface area contributed by atoms with E-state index in [1.807, 2.05) is 24.3 Å². The molecule has 0 bridgehead atoms. The summed E-state index contributed by atoms with van der Waals surface area (Å²) in [5.41, 5.74) is 1.82. The van der Waals surface area contributed by atoms with Crippen LogP contribution in [0.4, 0.5) is 0 Å². The van der Waals surface area contributed by atoms with Gasteiger partial charge in [0.2, 0.25) is 12.7 Å². The lowest BCUT2D eigenvalue weighted by Gasteiger charge is -2.20. The van der Waals surface area contributed by atoms with Gasteiger partial charge >= 0.3 is 0 Å². The Balaban J connectivity index is 1.67. The van der Waals surface area contributed by atoms with E-state index in [2.05, 4.69) is 0 Å². The average molecular weight is 329 g/mol. The lowest BCUT2D eigenvalue weighted by molar-refractivity contribution is -0.127. The standard InChI is InChI=1S/C18H19NO5/c1-21-9-7-19(11-15-6-8-22-12-15)18(20)5-3-14-2-4-16-17(10-14)24-13-23-16/h2-6,8,10,12H,7,9,11,13H2,1H3/b5-3+. The van der Waals surface area contributed by atoms with Crippen LogP contribution < -0.4 is 9.47 Å². The van der Waals surface area contributed by atoms with Crippen LogP contribution in [-0.4, -0.2) is 37.9 Å². The minimum Gasteiger partial charge on any atom is -0.472 e. The number of benzene rings is 1. The van der Waals surface area contributed by atoms with E-state index in [0.717, 1.165) is 16.9 Å². The molecule has 2 heterocycles. The number of fused-ring (bicyclic) bond motifs is 1. The Morgan fingerprint density at radius 2 is 2.17 bits per heavy atom. The number of hydrogen-bond donors (Lipinski definition) is 0. The summed E-state index contributed by atoms with van der Waals surface area (Å²) in [7, 11) is 1.61. The van der Waals surface area contributed by atoms with Crippen molar-refractivity contribution in [3.63, 3.8) is 0 Å². The molecular formula is C18H19NO5. The molecule has 0 fully saturated rings. The molecule has 0 N–H and O–H groups in total. The molecule has 6 heteroatoms. The van der Waals surface area contributed by atoms with Gasteiger partial charge in [0.1, 0.15) is 0 Å². The van der Waals surface area contributed by atoms with Crippen LogP contribution in [0.25, 0.3) is 6.08 Å². The van der Waals surface area contributed by atoms with E-state index >= 15 is 0 Å². The van der Waals surface area contributed by atoms with Gasteiger partial charge in [0.05, 0.1) is 19.1 Å². The molecule has 1 aliphatic rings. The van der Waals surface area contributed by atoms with Crippen LogP contribution in [0.1, 0.15) is 11.1 Å². The molecule has 0 radical (unpaired) electrons. The zero-order valence-electron chi connectivity index (χ0n) is 13.4. The van der Waals surface area contributed by atoms with Crippen molar-refractivity contribution in [2.75, 3.05) is 27.1 Å². The van der Waals surface area contributed by atoms with Gasteiger partial charge in [-0.05, 0) is 29.8 Å². The minimum atomic E-state index is -0.0917. The predicted molar refractivity (Wildman–Crippen MR) is 87.6 cm³/mol. The Morgan fingerprint density at radius 1 is 1.29 bits per heavy atom. The van der Waals surface area contributed by atoms with Gasteiger partial charge in [0, 0.05) is 31.8 Å². The van der Waals surface area contributed by atoms with Crippen molar-refractivity contribution >= 4 is 12.0 Å². The van der Waals surface area contributed by atoms with E-state index in [0.29, 0.717) is 25.4 Å². The number of carbonyl (C=O) groups is 1. The summed E-state index contributed by atoms with van der Waals surface area (Å²) in [6.45, 7) is 1.69. The van der Waals surface area contributed by atoms with E-state index in [-0.39, 0.29) is 12.7 Å². The molecule has 6 nitrogen and oxygen atoms in total. The normalized spacial score (nSPS) is 12.7. The van der Waals surface area contributed by atoms with Crippen molar-refractivity contribution in [2.45, 2.75) is 6.54 Å². The highest BCUT2D eigenvalue weighted by atomic mass is 16.7. The number of hydrogen-bond acceptors (Lipinski definition) is 5. The fraction of sp³-hybridized carbons (Fsp3) is 0.278. The summed E-state index contributed by atoms with van der Waals surface area (Å²) in [6.07, 6.45) is 6.54. The third-order valence-electron chi connectivity index (χ3n) is 3.65. The highest BCUT2D eigenvalue weighted by Gasteiger charge is 2.14. The molecule has 0 saturated heterocycles. The molecule has 2 aromatic rings. The maximum absolute atomic E-state index is 12.5. The predicted octanol–water partition coefficient (Wildman–Crippen LogP) is 2.70. The Labute approximate surface area is 140 Å². The van der Waals surface area contributed by atoms with Gasteiger partial charge in [-0.25, -0.2) is 0 Å². The van der Waals surface area contributed by atoms with Crippen LogP contribution in [0.2, 0.25) is 0 Å². The number of methoxy groups -OCH3 is 1. The molecule has 3 rings (SSSR count). The van der Waals surface area contributed by atoms with Gasteiger partial charge in [0.25, 0.3) is 0 Å². The average Bonchev–Trinajstić information content (AvgIpc) is 3.27. The first-order valence-electron chi connectivity index (χ1n) is 7.63. The van der Waals surface area contributed by atoms with Crippen LogP contribution in [0.15, 0.2) is 47.3 Å². The third-order valence-corrected chi connectivity index (χ3v) is 3.65. The van der Waals surface area contributed by atoms with E-state index in [9.17, 15) is 4.79 Å². The highest BCUT2D eigenvalue weighted by molar-refractivity contribution is 5.91. The van der Waals surface area contributed by atoms with Gasteiger partial charge in [-0.15, -0.1) is 0 Å². The largest absolute Gasteiger partial charge is 0.472 e. The summed E-state index contributed by atoms with van der Waals surface area (Å²) < 4.78 is 20.8. The molecule has 1 aliphatic heterocycles. The molecule has 1 amide bonds. The van der Waals surface area contributed by atoms with Crippen molar-refractivity contribution in [2.24, 2.45) is 0 Å². The number of rotatable bonds is 7. The zero-order chi connectivity index (χ0) is 16.8. The molecule has 0 atom stereocenters. The molecular weight excluding hydrogens is 310 g/mol. The Kier molecular flexibility index (Phi) is 5.18. The van der Waals surface area contributed by atoms with E-state index in [1.165, 1.54) is 0 Å². The van der Waals surface area contributed by atoms with Crippen molar-refractivity contribution < 1.29 is 23.4 Å². The molecule has 1 aromatic carbocycles. The smallest absolute Gasteiger partial charge is 0.246 e. The van der Waals surface area contributed by atoms with E-state index in [4.69, 9.17) is 18.6 Å². The van der Waals surface area contributed by atoms with Crippen molar-refractivity contribution in [1.82, 2.24) is 4.90 Å². The first-order valence-corrected chi connectivity index (χ1v) is 7.63. The maximum atomic E-state index is 12.5. The number of nitrogens with zero attached hydrogens (tertiary/aromatic N) is 1. The molecule has 0 unspecified atom stereocenters. The summed E-state index contributed by atoms with van der Waals surface area (Å²) in [5.74, 6) is 1.32. The number of amides is 1. The number of carbonyl (C=O) groups excluding carboxylic acids is 1. The molecule has 1 aromatic heterocycles. The number of furan rings is 1. The van der Waals surface area contributed by atoms with Crippen molar-refractivity contribution in [3.05, 3.63) is 54.0 Å². The van der Waals surface area contributed by atoms with Crippen LogP contribution in [0.5, 0.6) is 11.5 Å². The van der Waals surface area contributed by atoms with Crippen LogP contribution in [0.3, 0.4) is 0 Å². The van der Waals surface area contributed by atoms with Gasteiger partial charge in [-0.3, -0.25) is 4.79 Å². The van der Waals surface area contributed by atoms with E-state index in [1.54, 1.807) is 36.7 Å². The fourth-order valence-electron chi connectivity index (χ4n) is 2.36. The maximum Gasteiger partial charge on any atom is 0.246 e. The van der Waals surface area contributed by atoms with Crippen molar-refractivity contribution in [1.29, 1.82) is 0 Å².